The summed E-state index contributed by atoms with van der Waals surface area (Å²) in [6, 6.07) is 5.88. The summed E-state index contributed by atoms with van der Waals surface area (Å²) in [6.45, 7) is 6.25. The Kier molecular flexibility index (Phi) is 5.42. The number of aromatic nitrogens is 1. The molecule has 1 aromatic carbocycles. The van der Waals surface area contributed by atoms with E-state index in [1.54, 1.807) is 0 Å². The predicted molar refractivity (Wildman–Crippen MR) is 90.6 cm³/mol. The van der Waals surface area contributed by atoms with Crippen molar-refractivity contribution in [2.75, 3.05) is 0 Å². The van der Waals surface area contributed by atoms with Crippen LogP contribution in [0.15, 0.2) is 18.2 Å². The molecule has 2 rings (SSSR count). The van der Waals surface area contributed by atoms with Gasteiger partial charge in [-0.25, -0.2) is 4.79 Å². The molecule has 5 heteroatoms. The van der Waals surface area contributed by atoms with E-state index in [9.17, 15) is 14.7 Å². The summed E-state index contributed by atoms with van der Waals surface area (Å²) in [6.07, 6.45) is 2.44. The molecule has 0 aliphatic carbocycles. The first-order valence-electron chi connectivity index (χ1n) is 8.16. The number of H-pyrrole nitrogens is 1. The summed E-state index contributed by atoms with van der Waals surface area (Å²) in [4.78, 5) is 26.6. The molecule has 0 aliphatic rings. The molecule has 0 fully saturated rings. The minimum atomic E-state index is -1.01. The first-order valence-corrected chi connectivity index (χ1v) is 8.16. The number of carbonyl (C=O) groups is 2. The average Bonchev–Trinajstić information content (AvgIpc) is 2.91. The van der Waals surface area contributed by atoms with Crippen molar-refractivity contribution < 1.29 is 14.7 Å². The number of aromatic amines is 1. The van der Waals surface area contributed by atoms with Crippen molar-refractivity contribution in [1.82, 2.24) is 10.3 Å². The van der Waals surface area contributed by atoms with Gasteiger partial charge in [0.15, 0.2) is 0 Å². The van der Waals surface area contributed by atoms with E-state index in [-0.39, 0.29) is 24.1 Å². The van der Waals surface area contributed by atoms with E-state index in [0.717, 1.165) is 35.7 Å². The maximum atomic E-state index is 12.2. The third-order valence-corrected chi connectivity index (χ3v) is 4.39. The zero-order chi connectivity index (χ0) is 17.0. The monoisotopic (exact) mass is 316 g/mol. The molecule has 124 valence electrons. The molecule has 5 nitrogen and oxygen atoms in total. The molecule has 0 spiro atoms. The Balaban J connectivity index is 2.35. The van der Waals surface area contributed by atoms with Gasteiger partial charge in [-0.1, -0.05) is 26.8 Å². The third-order valence-electron chi connectivity index (χ3n) is 4.39. The van der Waals surface area contributed by atoms with Crippen molar-refractivity contribution in [3.63, 3.8) is 0 Å². The fourth-order valence-electron chi connectivity index (χ4n) is 2.86. The summed E-state index contributed by atoms with van der Waals surface area (Å²) in [5.41, 5.74) is 2.72. The largest absolute Gasteiger partial charge is 0.477 e. The summed E-state index contributed by atoms with van der Waals surface area (Å²) < 4.78 is 0. The number of carboxylic acids is 1. The SMILES string of the molecule is CCc1ccc2[nH]c(C(=O)O)c(CNC(=O)C(CC)CC)c2c1. The van der Waals surface area contributed by atoms with E-state index in [4.69, 9.17) is 0 Å². The maximum absolute atomic E-state index is 12.2. The number of aromatic carboxylic acids is 1. The van der Waals surface area contributed by atoms with Gasteiger partial charge >= 0.3 is 5.97 Å². The Morgan fingerprint density at radius 1 is 1.22 bits per heavy atom. The Morgan fingerprint density at radius 2 is 1.91 bits per heavy atom. The van der Waals surface area contributed by atoms with Crippen LogP contribution in [-0.2, 0) is 17.8 Å². The fraction of sp³-hybridized carbons (Fsp3) is 0.444. The normalized spacial score (nSPS) is 11.1. The third kappa shape index (κ3) is 3.55. The molecule has 0 saturated heterocycles. The van der Waals surface area contributed by atoms with Crippen molar-refractivity contribution in [1.29, 1.82) is 0 Å². The molecule has 0 atom stereocenters. The van der Waals surface area contributed by atoms with Crippen LogP contribution in [0.5, 0.6) is 0 Å². The van der Waals surface area contributed by atoms with E-state index in [1.165, 1.54) is 0 Å². The van der Waals surface area contributed by atoms with Gasteiger partial charge in [-0.15, -0.1) is 0 Å². The lowest BCUT2D eigenvalue weighted by Crippen LogP contribution is -2.30. The van der Waals surface area contributed by atoms with Gasteiger partial charge in [0.1, 0.15) is 5.69 Å². The second kappa shape index (κ2) is 7.31. The summed E-state index contributed by atoms with van der Waals surface area (Å²) in [5.74, 6) is -1.06. The number of carbonyl (C=O) groups excluding carboxylic acids is 1. The average molecular weight is 316 g/mol. The molecule has 3 N–H and O–H groups in total. The number of hydrogen-bond acceptors (Lipinski definition) is 2. The lowest BCUT2D eigenvalue weighted by Gasteiger charge is -2.13. The molecule has 1 amide bonds. The number of rotatable bonds is 7. The van der Waals surface area contributed by atoms with Gasteiger partial charge < -0.3 is 15.4 Å². The van der Waals surface area contributed by atoms with Crippen molar-refractivity contribution in [2.45, 2.75) is 46.6 Å². The van der Waals surface area contributed by atoms with Crippen LogP contribution >= 0.6 is 0 Å². The van der Waals surface area contributed by atoms with Crippen molar-refractivity contribution >= 4 is 22.8 Å². The van der Waals surface area contributed by atoms with Crippen LogP contribution in [0.25, 0.3) is 10.9 Å². The highest BCUT2D eigenvalue weighted by Crippen LogP contribution is 2.24. The molecule has 23 heavy (non-hydrogen) atoms. The molecule has 1 heterocycles. The van der Waals surface area contributed by atoms with Crippen LogP contribution in [0.2, 0.25) is 0 Å². The van der Waals surface area contributed by atoms with Crippen molar-refractivity contribution in [2.24, 2.45) is 5.92 Å². The number of aryl methyl sites for hydroxylation is 1. The predicted octanol–water partition coefficient (Wildman–Crippen LogP) is 3.48. The van der Waals surface area contributed by atoms with Gasteiger partial charge in [-0.3, -0.25) is 4.79 Å². The molecular formula is C18H24N2O3. The van der Waals surface area contributed by atoms with Gasteiger partial charge in [0, 0.05) is 28.9 Å². The molecule has 0 radical (unpaired) electrons. The summed E-state index contributed by atoms with van der Waals surface area (Å²) in [5, 5.41) is 13.2. The lowest BCUT2D eigenvalue weighted by atomic mass is 10.0. The zero-order valence-corrected chi connectivity index (χ0v) is 13.9. The number of hydrogen-bond donors (Lipinski definition) is 3. The van der Waals surface area contributed by atoms with Gasteiger partial charge in [0.25, 0.3) is 0 Å². The topological polar surface area (TPSA) is 82.2 Å². The van der Waals surface area contributed by atoms with Crippen LogP contribution < -0.4 is 5.32 Å². The molecule has 1 aromatic heterocycles. The fourth-order valence-corrected chi connectivity index (χ4v) is 2.86. The Morgan fingerprint density at radius 3 is 2.48 bits per heavy atom. The quantitative estimate of drug-likeness (QED) is 0.731. The highest BCUT2D eigenvalue weighted by Gasteiger charge is 2.19. The first kappa shape index (κ1) is 17.1. The van der Waals surface area contributed by atoms with E-state index in [0.29, 0.717) is 5.56 Å². The highest BCUT2D eigenvalue weighted by atomic mass is 16.4. The van der Waals surface area contributed by atoms with Gasteiger partial charge in [0.05, 0.1) is 0 Å². The van der Waals surface area contributed by atoms with Crippen molar-refractivity contribution in [3.05, 3.63) is 35.0 Å². The Hall–Kier alpha value is -2.30. The van der Waals surface area contributed by atoms with Crippen molar-refractivity contribution in [3.8, 4) is 0 Å². The minimum absolute atomic E-state index is 0.0210. The smallest absolute Gasteiger partial charge is 0.352 e. The minimum Gasteiger partial charge on any atom is -0.477 e. The lowest BCUT2D eigenvalue weighted by molar-refractivity contribution is -0.125. The highest BCUT2D eigenvalue weighted by molar-refractivity contribution is 5.97. The molecule has 2 aromatic rings. The summed E-state index contributed by atoms with van der Waals surface area (Å²) >= 11 is 0. The van der Waals surface area contributed by atoms with E-state index < -0.39 is 5.97 Å². The second-order valence-corrected chi connectivity index (χ2v) is 5.75. The molecule has 0 unspecified atom stereocenters. The Labute approximate surface area is 136 Å². The number of benzene rings is 1. The number of carboxylic acid groups (broad SMARTS) is 1. The standard InChI is InChI=1S/C18H24N2O3/c1-4-11-7-8-15-13(9-11)14(16(20-15)18(22)23)10-19-17(21)12(5-2)6-3/h7-9,12,20H,4-6,10H2,1-3H3,(H,19,21)(H,22,23). The van der Waals surface area contributed by atoms with Gasteiger partial charge in [-0.05, 0) is 37.0 Å². The van der Waals surface area contributed by atoms with Crippen LogP contribution in [0.3, 0.4) is 0 Å². The summed E-state index contributed by atoms with van der Waals surface area (Å²) in [7, 11) is 0. The number of nitrogens with one attached hydrogen (secondary N) is 2. The van der Waals surface area contributed by atoms with Gasteiger partial charge in [0.2, 0.25) is 5.91 Å². The van der Waals surface area contributed by atoms with Crippen LogP contribution in [0.1, 0.15) is 55.2 Å². The van der Waals surface area contributed by atoms with E-state index in [2.05, 4.69) is 17.2 Å². The number of amides is 1. The van der Waals surface area contributed by atoms with Crippen LogP contribution in [0, 0.1) is 5.92 Å². The molecular weight excluding hydrogens is 292 g/mol. The van der Waals surface area contributed by atoms with Gasteiger partial charge in [-0.2, -0.15) is 0 Å². The van der Waals surface area contributed by atoms with E-state index in [1.807, 2.05) is 32.0 Å². The number of fused-ring (bicyclic) bond motifs is 1. The van der Waals surface area contributed by atoms with Crippen LogP contribution in [-0.4, -0.2) is 22.0 Å². The van der Waals surface area contributed by atoms with Crippen LogP contribution in [0.4, 0.5) is 0 Å². The molecule has 0 bridgehead atoms. The molecule has 0 aliphatic heterocycles. The maximum Gasteiger partial charge on any atom is 0.352 e. The Bertz CT molecular complexity index is 714. The second-order valence-electron chi connectivity index (χ2n) is 5.75. The first-order chi connectivity index (χ1) is 11.0. The van der Waals surface area contributed by atoms with E-state index >= 15 is 0 Å². The molecule has 0 saturated carbocycles. The zero-order valence-electron chi connectivity index (χ0n) is 13.9.